The highest BCUT2D eigenvalue weighted by Crippen LogP contribution is 2.21. The average molecular weight is 237 g/mol. The fourth-order valence-electron chi connectivity index (χ4n) is 1.51. The first kappa shape index (κ1) is 11.2. The molecule has 0 radical (unpaired) electrons. The van der Waals surface area contributed by atoms with E-state index in [1.54, 1.807) is 12.1 Å². The van der Waals surface area contributed by atoms with Gasteiger partial charge in [0.05, 0.1) is 17.3 Å². The molecule has 2 nitrogen and oxygen atoms in total. The quantitative estimate of drug-likeness (QED) is 0.890. The average Bonchev–Trinajstić information content (AvgIpc) is 2.62. The predicted molar refractivity (Wildman–Crippen MR) is 62.0 cm³/mol. The van der Waals surface area contributed by atoms with Gasteiger partial charge >= 0.3 is 0 Å². The second kappa shape index (κ2) is 4.72. The summed E-state index contributed by atoms with van der Waals surface area (Å²) in [5.74, 6) is -0.207. The highest BCUT2D eigenvalue weighted by molar-refractivity contribution is 7.11. The van der Waals surface area contributed by atoms with Crippen molar-refractivity contribution in [3.63, 3.8) is 0 Å². The van der Waals surface area contributed by atoms with Crippen LogP contribution in [0.2, 0.25) is 0 Å². The standard InChI is InChI=1S/C12H12FNOS/c1-8-11(7-15)14-12(16-8)6-9-4-2-3-5-10(9)13/h2-5,15H,6-7H2,1H3. The van der Waals surface area contributed by atoms with Gasteiger partial charge in [-0.3, -0.25) is 0 Å². The molecule has 0 aliphatic carbocycles. The summed E-state index contributed by atoms with van der Waals surface area (Å²) in [7, 11) is 0. The third-order valence-corrected chi connectivity index (χ3v) is 3.40. The van der Waals surface area contributed by atoms with Crippen LogP contribution in [-0.2, 0) is 13.0 Å². The van der Waals surface area contributed by atoms with Gasteiger partial charge in [0.25, 0.3) is 0 Å². The summed E-state index contributed by atoms with van der Waals surface area (Å²) in [6, 6.07) is 6.68. The van der Waals surface area contributed by atoms with E-state index >= 15 is 0 Å². The molecule has 1 aromatic carbocycles. The summed E-state index contributed by atoms with van der Waals surface area (Å²) in [6.45, 7) is 1.85. The number of hydrogen-bond acceptors (Lipinski definition) is 3. The van der Waals surface area contributed by atoms with Gasteiger partial charge in [-0.05, 0) is 18.6 Å². The number of nitrogens with zero attached hydrogens (tertiary/aromatic N) is 1. The normalized spacial score (nSPS) is 10.7. The molecular weight excluding hydrogens is 225 g/mol. The van der Waals surface area contributed by atoms with Crippen molar-refractivity contribution in [1.82, 2.24) is 4.98 Å². The lowest BCUT2D eigenvalue weighted by Crippen LogP contribution is -1.92. The zero-order valence-corrected chi connectivity index (χ0v) is 9.72. The molecule has 0 saturated heterocycles. The van der Waals surface area contributed by atoms with Crippen LogP contribution >= 0.6 is 11.3 Å². The van der Waals surface area contributed by atoms with Crippen molar-refractivity contribution in [2.75, 3.05) is 0 Å². The Hall–Kier alpha value is -1.26. The Morgan fingerprint density at radius 3 is 2.75 bits per heavy atom. The van der Waals surface area contributed by atoms with Gasteiger partial charge in [0.1, 0.15) is 5.82 Å². The monoisotopic (exact) mass is 237 g/mol. The van der Waals surface area contributed by atoms with Crippen LogP contribution in [0, 0.1) is 12.7 Å². The second-order valence-electron chi connectivity index (χ2n) is 3.54. The maximum absolute atomic E-state index is 13.4. The molecule has 1 N–H and O–H groups in total. The Kier molecular flexibility index (Phi) is 3.31. The number of hydrogen-bond donors (Lipinski definition) is 1. The third kappa shape index (κ3) is 2.28. The Balaban J connectivity index is 2.24. The molecule has 0 aliphatic rings. The van der Waals surface area contributed by atoms with Crippen LogP contribution in [0.1, 0.15) is 21.1 Å². The lowest BCUT2D eigenvalue weighted by Gasteiger charge is -1.98. The number of aryl methyl sites for hydroxylation is 1. The molecule has 1 aromatic heterocycles. The minimum absolute atomic E-state index is 0.0559. The SMILES string of the molecule is Cc1sc(Cc2ccccc2F)nc1CO. The minimum atomic E-state index is -0.207. The van der Waals surface area contributed by atoms with Crippen molar-refractivity contribution < 1.29 is 9.50 Å². The molecule has 16 heavy (non-hydrogen) atoms. The molecule has 0 spiro atoms. The van der Waals surface area contributed by atoms with Crippen LogP contribution in [-0.4, -0.2) is 10.1 Å². The number of thiazole rings is 1. The fourth-order valence-corrected chi connectivity index (χ4v) is 2.48. The van der Waals surface area contributed by atoms with Crippen molar-refractivity contribution in [1.29, 1.82) is 0 Å². The molecule has 84 valence electrons. The van der Waals surface area contributed by atoms with Gasteiger partial charge in [-0.15, -0.1) is 11.3 Å². The van der Waals surface area contributed by atoms with Crippen molar-refractivity contribution in [2.45, 2.75) is 20.0 Å². The van der Waals surface area contributed by atoms with E-state index in [9.17, 15) is 4.39 Å². The van der Waals surface area contributed by atoms with E-state index < -0.39 is 0 Å². The molecule has 0 atom stereocenters. The lowest BCUT2D eigenvalue weighted by atomic mass is 10.1. The van der Waals surface area contributed by atoms with Gasteiger partial charge in [-0.25, -0.2) is 9.37 Å². The summed E-state index contributed by atoms with van der Waals surface area (Å²) in [4.78, 5) is 5.26. The number of aliphatic hydroxyl groups is 1. The molecule has 2 aromatic rings. The molecule has 0 amide bonds. The zero-order valence-electron chi connectivity index (χ0n) is 8.90. The molecular formula is C12H12FNOS. The Morgan fingerprint density at radius 2 is 2.12 bits per heavy atom. The molecule has 0 fully saturated rings. The third-order valence-electron chi connectivity index (χ3n) is 2.39. The molecule has 4 heteroatoms. The summed E-state index contributed by atoms with van der Waals surface area (Å²) >= 11 is 1.50. The van der Waals surface area contributed by atoms with Crippen LogP contribution in [0.4, 0.5) is 4.39 Å². The van der Waals surface area contributed by atoms with Crippen LogP contribution < -0.4 is 0 Å². The van der Waals surface area contributed by atoms with E-state index in [2.05, 4.69) is 4.98 Å². The topological polar surface area (TPSA) is 33.1 Å². The minimum Gasteiger partial charge on any atom is -0.390 e. The van der Waals surface area contributed by atoms with E-state index in [0.717, 1.165) is 9.88 Å². The fraction of sp³-hybridized carbons (Fsp3) is 0.250. The molecule has 2 rings (SSSR count). The van der Waals surface area contributed by atoms with Crippen LogP contribution in [0.3, 0.4) is 0 Å². The summed E-state index contributed by atoms with van der Waals surface area (Å²) < 4.78 is 13.4. The second-order valence-corrected chi connectivity index (χ2v) is 4.82. The number of halogens is 1. The molecule has 1 heterocycles. The van der Waals surface area contributed by atoms with Gasteiger partial charge in [-0.1, -0.05) is 18.2 Å². The highest BCUT2D eigenvalue weighted by Gasteiger charge is 2.09. The van der Waals surface area contributed by atoms with Gasteiger partial charge in [0, 0.05) is 11.3 Å². The molecule has 0 aliphatic heterocycles. The van der Waals surface area contributed by atoms with E-state index in [1.165, 1.54) is 17.4 Å². The van der Waals surface area contributed by atoms with E-state index in [4.69, 9.17) is 5.11 Å². The van der Waals surface area contributed by atoms with Gasteiger partial charge < -0.3 is 5.11 Å². The van der Waals surface area contributed by atoms with Crippen LogP contribution in [0.25, 0.3) is 0 Å². The first-order chi connectivity index (χ1) is 7.70. The molecule has 0 unspecified atom stereocenters. The summed E-state index contributed by atoms with van der Waals surface area (Å²) in [5.41, 5.74) is 1.33. The number of rotatable bonds is 3. The first-order valence-corrected chi connectivity index (χ1v) is 5.82. The van der Waals surface area contributed by atoms with Crippen molar-refractivity contribution in [2.24, 2.45) is 0 Å². The Morgan fingerprint density at radius 1 is 1.38 bits per heavy atom. The van der Waals surface area contributed by atoms with Gasteiger partial charge in [-0.2, -0.15) is 0 Å². The number of aromatic nitrogens is 1. The molecule has 0 bridgehead atoms. The zero-order chi connectivity index (χ0) is 11.5. The number of aliphatic hydroxyl groups excluding tert-OH is 1. The highest BCUT2D eigenvalue weighted by atomic mass is 32.1. The predicted octanol–water partition coefficient (Wildman–Crippen LogP) is 2.67. The van der Waals surface area contributed by atoms with E-state index in [1.807, 2.05) is 13.0 Å². The van der Waals surface area contributed by atoms with Gasteiger partial charge in [0.2, 0.25) is 0 Å². The first-order valence-electron chi connectivity index (χ1n) is 5.00. The van der Waals surface area contributed by atoms with E-state index in [-0.39, 0.29) is 12.4 Å². The molecule has 0 saturated carbocycles. The Bertz CT molecular complexity index is 496. The largest absolute Gasteiger partial charge is 0.390 e. The maximum atomic E-state index is 13.4. The smallest absolute Gasteiger partial charge is 0.126 e. The van der Waals surface area contributed by atoms with E-state index in [0.29, 0.717) is 17.7 Å². The van der Waals surface area contributed by atoms with Crippen molar-refractivity contribution >= 4 is 11.3 Å². The van der Waals surface area contributed by atoms with Crippen molar-refractivity contribution in [3.05, 3.63) is 51.2 Å². The summed E-state index contributed by atoms with van der Waals surface area (Å²) in [6.07, 6.45) is 0.484. The van der Waals surface area contributed by atoms with Gasteiger partial charge in [0.15, 0.2) is 0 Å². The Labute approximate surface area is 97.4 Å². The van der Waals surface area contributed by atoms with Crippen LogP contribution in [0.15, 0.2) is 24.3 Å². The maximum Gasteiger partial charge on any atom is 0.126 e. The number of benzene rings is 1. The lowest BCUT2D eigenvalue weighted by molar-refractivity contribution is 0.276. The van der Waals surface area contributed by atoms with Crippen molar-refractivity contribution in [3.8, 4) is 0 Å². The van der Waals surface area contributed by atoms with Crippen LogP contribution in [0.5, 0.6) is 0 Å². The summed E-state index contributed by atoms with van der Waals surface area (Å²) in [5, 5.41) is 9.86.